The maximum Gasteiger partial charge on any atom is 0.194 e. The van der Waals surface area contributed by atoms with Crippen molar-refractivity contribution in [3.63, 3.8) is 0 Å². The lowest BCUT2D eigenvalue weighted by Crippen LogP contribution is -2.10. The topological polar surface area (TPSA) is 69.3 Å². The molecule has 8 nitrogen and oxygen atoms in total. The molecular formula is C116H84N8. The highest BCUT2D eigenvalue weighted by molar-refractivity contribution is 6.04. The minimum Gasteiger partial charge on any atom is -0.310 e. The standard InChI is InChI=1S/2C58H42N4/c1-41-18-30-50(31-19-41)61(57-16-8-12-45-10-4-6-14-54(45)57)52-34-24-43(25-35-52)22-28-47-39-56(60-3)48(38-49(47)40-59)29-23-44-26-36-53(37-27-44)62(51-32-20-42(2)21-33-51)58-17-9-13-46-11-5-7-15-55(46)58;1-41-22-36-57(54-20-12-10-18-52(41)54)61(48-14-6-4-7-15-48)50-32-26-43(27-33-50)24-30-45-39-56(60-3)46(38-47(45)40-59)31-25-44-28-34-51(35-29-44)62(49-16-8-5-9-17-49)58-37-23-42(2)53-19-11-13-21-55(53)58/h2*4-39H,1-2H3. The molecule has 0 aliphatic rings. The molecule has 0 aliphatic heterocycles. The fraction of sp³-hybridized carbons (Fsp3) is 0.0345. The molecule has 0 amide bonds. The lowest BCUT2D eigenvalue weighted by atomic mass is 10.00. The second kappa shape index (κ2) is 36.5. The molecule has 0 fully saturated rings. The van der Waals surface area contributed by atoms with Crippen LogP contribution < -0.4 is 19.6 Å². The Bertz CT molecular complexity index is 6650. The lowest BCUT2D eigenvalue weighted by Gasteiger charge is -2.27. The van der Waals surface area contributed by atoms with Crippen LogP contribution in [0.4, 0.5) is 79.6 Å². The summed E-state index contributed by atoms with van der Waals surface area (Å²) in [6, 6.07) is 139. The molecule has 0 saturated carbocycles. The summed E-state index contributed by atoms with van der Waals surface area (Å²) in [4.78, 5) is 16.9. The smallest absolute Gasteiger partial charge is 0.194 e. The predicted molar refractivity (Wildman–Crippen MR) is 524 cm³/mol. The van der Waals surface area contributed by atoms with Crippen molar-refractivity contribution in [2.24, 2.45) is 0 Å². The monoisotopic (exact) mass is 1590 g/mol. The minimum atomic E-state index is 0.484. The van der Waals surface area contributed by atoms with Gasteiger partial charge in [-0.25, -0.2) is 9.69 Å². The lowest BCUT2D eigenvalue weighted by molar-refractivity contribution is 1.29. The van der Waals surface area contributed by atoms with Crippen molar-refractivity contribution in [1.29, 1.82) is 10.5 Å². The van der Waals surface area contributed by atoms with Crippen molar-refractivity contribution in [3.8, 4) is 12.1 Å². The van der Waals surface area contributed by atoms with Gasteiger partial charge in [-0.15, -0.1) is 0 Å². The summed E-state index contributed by atoms with van der Waals surface area (Å²) in [5.41, 5.74) is 26.5. The average Bonchev–Trinajstić information content (AvgIpc) is 0.783. The summed E-state index contributed by atoms with van der Waals surface area (Å²) in [7, 11) is 0. The van der Waals surface area contributed by atoms with Gasteiger partial charge in [-0.05, 0) is 250 Å². The van der Waals surface area contributed by atoms with Crippen LogP contribution in [0.1, 0.15) is 77.9 Å². The van der Waals surface area contributed by atoms with Gasteiger partial charge in [0.05, 0.1) is 59.2 Å². The third-order valence-electron chi connectivity index (χ3n) is 22.7. The first-order valence-corrected chi connectivity index (χ1v) is 41.3. The number of rotatable bonds is 20. The first kappa shape index (κ1) is 79.6. The summed E-state index contributed by atoms with van der Waals surface area (Å²) in [6.07, 6.45) is 15.7. The first-order valence-electron chi connectivity index (χ1n) is 41.3. The number of hydrogen-bond donors (Lipinski definition) is 0. The quantitative estimate of drug-likeness (QED) is 0.0559. The Balaban J connectivity index is 0.000000176. The van der Waals surface area contributed by atoms with E-state index in [-0.39, 0.29) is 0 Å². The zero-order valence-electron chi connectivity index (χ0n) is 69.1. The van der Waals surface area contributed by atoms with Crippen LogP contribution in [0.15, 0.2) is 388 Å². The van der Waals surface area contributed by atoms with E-state index in [0.717, 1.165) is 90.5 Å². The number of anilines is 12. The van der Waals surface area contributed by atoms with Crippen LogP contribution in [-0.2, 0) is 0 Å². The third kappa shape index (κ3) is 17.2. The fourth-order valence-electron chi connectivity index (χ4n) is 16.2. The van der Waals surface area contributed by atoms with Crippen LogP contribution >= 0.6 is 0 Å². The van der Waals surface area contributed by atoms with Gasteiger partial charge in [-0.3, -0.25) is 0 Å². The zero-order chi connectivity index (χ0) is 84.8. The predicted octanol–water partition coefficient (Wildman–Crippen LogP) is 32.6. The number of para-hydroxylation sites is 2. The number of hydrogen-bond acceptors (Lipinski definition) is 6. The Morgan fingerprint density at radius 2 is 0.492 bits per heavy atom. The van der Waals surface area contributed by atoms with E-state index in [1.165, 1.54) is 65.3 Å². The molecule has 8 heteroatoms. The molecule has 0 saturated heterocycles. The molecule has 0 spiro atoms. The van der Waals surface area contributed by atoms with Crippen molar-refractivity contribution in [2.45, 2.75) is 27.7 Å². The summed E-state index contributed by atoms with van der Waals surface area (Å²) < 4.78 is 0. The molecule has 0 bridgehead atoms. The van der Waals surface area contributed by atoms with Crippen LogP contribution in [0, 0.1) is 63.5 Å². The fourth-order valence-corrected chi connectivity index (χ4v) is 16.2. The Hall–Kier alpha value is -16.9. The maximum atomic E-state index is 10.3. The normalized spacial score (nSPS) is 11.2. The van der Waals surface area contributed by atoms with E-state index in [1.54, 1.807) is 0 Å². The molecule has 18 rings (SSSR count). The van der Waals surface area contributed by atoms with Gasteiger partial charge in [0, 0.05) is 67.0 Å². The van der Waals surface area contributed by atoms with Crippen LogP contribution in [-0.4, -0.2) is 0 Å². The highest BCUT2D eigenvalue weighted by atomic mass is 15.2. The van der Waals surface area contributed by atoms with E-state index in [4.69, 9.17) is 13.1 Å². The van der Waals surface area contributed by atoms with Gasteiger partial charge in [0.2, 0.25) is 0 Å². The van der Waals surface area contributed by atoms with Crippen LogP contribution in [0.25, 0.3) is 101 Å². The Morgan fingerprint density at radius 1 is 0.234 bits per heavy atom. The number of aryl methyl sites for hydroxylation is 4. The van der Waals surface area contributed by atoms with Gasteiger partial charge < -0.3 is 19.6 Å². The van der Waals surface area contributed by atoms with E-state index in [2.05, 4.69) is 421 Å². The van der Waals surface area contributed by atoms with E-state index in [1.807, 2.05) is 85.0 Å². The molecule has 0 radical (unpaired) electrons. The van der Waals surface area contributed by atoms with Crippen molar-refractivity contribution in [1.82, 2.24) is 0 Å². The Kier molecular flexibility index (Phi) is 23.5. The van der Waals surface area contributed by atoms with Crippen molar-refractivity contribution in [3.05, 3.63) is 489 Å². The second-order valence-corrected chi connectivity index (χ2v) is 30.7. The van der Waals surface area contributed by atoms with Gasteiger partial charge >= 0.3 is 0 Å². The van der Waals surface area contributed by atoms with Gasteiger partial charge in [0.25, 0.3) is 0 Å². The summed E-state index contributed by atoms with van der Waals surface area (Å²) >= 11 is 0. The van der Waals surface area contributed by atoms with Gasteiger partial charge in [0.1, 0.15) is 0 Å². The number of nitrogens with zero attached hydrogens (tertiary/aromatic N) is 8. The van der Waals surface area contributed by atoms with Crippen molar-refractivity contribution in [2.75, 3.05) is 19.6 Å². The Labute approximate surface area is 725 Å². The highest BCUT2D eigenvalue weighted by Gasteiger charge is 2.22. The molecule has 0 atom stereocenters. The molecule has 0 unspecified atom stereocenters. The third-order valence-corrected chi connectivity index (χ3v) is 22.7. The largest absolute Gasteiger partial charge is 0.310 e. The molecule has 124 heavy (non-hydrogen) atoms. The summed E-state index contributed by atoms with van der Waals surface area (Å²) in [6.45, 7) is 24.6. The van der Waals surface area contributed by atoms with E-state index in [9.17, 15) is 10.5 Å². The number of fused-ring (bicyclic) bond motifs is 4. The summed E-state index contributed by atoms with van der Waals surface area (Å²) in [5.74, 6) is 0. The van der Waals surface area contributed by atoms with E-state index < -0.39 is 0 Å². The average molecular weight is 1590 g/mol. The van der Waals surface area contributed by atoms with Crippen LogP contribution in [0.2, 0.25) is 0 Å². The summed E-state index contributed by atoms with van der Waals surface area (Å²) in [5, 5.41) is 30.1. The second-order valence-electron chi connectivity index (χ2n) is 30.7. The van der Waals surface area contributed by atoms with Gasteiger partial charge in [-0.1, -0.05) is 302 Å². The number of nitriles is 2. The molecule has 18 aromatic carbocycles. The molecule has 0 heterocycles. The van der Waals surface area contributed by atoms with E-state index in [0.29, 0.717) is 44.8 Å². The van der Waals surface area contributed by atoms with Crippen LogP contribution in [0.5, 0.6) is 0 Å². The SMILES string of the molecule is [C-]#[N+]c1cc(C=Cc2ccc(N(c3ccc(C)cc3)c3cccc4ccccc34)cc2)c(C#N)cc1C=Cc1ccc(N(c2ccc(C)cc2)c2cccc3ccccc23)cc1.[C-]#[N+]c1cc(C=Cc2ccc(N(c3ccccc3)c3ccc(C)c4ccccc34)cc2)c(C#N)cc1C=Cc1ccc(N(c2ccccc2)c2ccc(C)c3ccccc23)cc1. The zero-order valence-corrected chi connectivity index (χ0v) is 69.1. The molecular weight excluding hydrogens is 1510 g/mol. The maximum absolute atomic E-state index is 10.3. The Morgan fingerprint density at radius 3 is 0.806 bits per heavy atom. The van der Waals surface area contributed by atoms with Crippen molar-refractivity contribution < 1.29 is 0 Å². The molecule has 0 N–H and O–H groups in total. The molecule has 0 aromatic heterocycles. The van der Waals surface area contributed by atoms with Crippen molar-refractivity contribution >= 4 is 171 Å². The molecule has 0 aliphatic carbocycles. The van der Waals surface area contributed by atoms with Gasteiger partial charge in [0.15, 0.2) is 11.4 Å². The first-order chi connectivity index (χ1) is 60.9. The van der Waals surface area contributed by atoms with Crippen LogP contribution in [0.3, 0.4) is 0 Å². The highest BCUT2D eigenvalue weighted by Crippen LogP contribution is 2.46. The minimum absolute atomic E-state index is 0.484. The van der Waals surface area contributed by atoms with E-state index >= 15 is 0 Å². The van der Waals surface area contributed by atoms with Gasteiger partial charge in [-0.2, -0.15) is 10.5 Å². The molecule has 588 valence electrons. The molecule has 18 aromatic rings. The number of benzene rings is 18.